The van der Waals surface area contributed by atoms with Gasteiger partial charge < -0.3 is 5.43 Å². The molecule has 1 aromatic rings. The van der Waals surface area contributed by atoms with E-state index in [-0.39, 0.29) is 5.69 Å². The van der Waals surface area contributed by atoms with Crippen molar-refractivity contribution in [3.8, 4) is 0 Å². The molecule has 7 heteroatoms. The summed E-state index contributed by atoms with van der Waals surface area (Å²) in [7, 11) is 2.15. The molecule has 116 valence electrons. The third-order valence-electron chi connectivity index (χ3n) is 4.25. The molecular formula is C14H23N5O2. The lowest BCUT2D eigenvalue weighted by molar-refractivity contribution is -0.384. The maximum absolute atomic E-state index is 10.9. The number of hydrazine groups is 1. The molecule has 2 unspecified atom stereocenters. The molecule has 1 heterocycles. The molecule has 3 N–H and O–H groups in total. The Hall–Kier alpha value is -1.70. The van der Waals surface area contributed by atoms with Crippen LogP contribution in [0.4, 0.5) is 11.4 Å². The van der Waals surface area contributed by atoms with Crippen LogP contribution >= 0.6 is 0 Å². The van der Waals surface area contributed by atoms with E-state index in [1.54, 1.807) is 12.1 Å². The summed E-state index contributed by atoms with van der Waals surface area (Å²) in [6.45, 7) is 7.18. The Morgan fingerprint density at radius 2 is 2.00 bits per heavy atom. The van der Waals surface area contributed by atoms with Crippen LogP contribution in [0.5, 0.6) is 0 Å². The van der Waals surface area contributed by atoms with Gasteiger partial charge in [0.25, 0.3) is 5.69 Å². The zero-order valence-corrected chi connectivity index (χ0v) is 12.7. The second-order valence-electron chi connectivity index (χ2n) is 5.81. The number of hydrogen-bond donors (Lipinski definition) is 2. The van der Waals surface area contributed by atoms with Crippen LogP contribution in [0, 0.1) is 10.1 Å². The van der Waals surface area contributed by atoms with Crippen molar-refractivity contribution in [3.63, 3.8) is 0 Å². The van der Waals surface area contributed by atoms with E-state index >= 15 is 0 Å². The summed E-state index contributed by atoms with van der Waals surface area (Å²) in [6, 6.07) is 6.06. The number of nitrogen functional groups attached to an aromatic ring is 1. The van der Waals surface area contributed by atoms with Crippen LogP contribution in [0.1, 0.15) is 19.4 Å². The van der Waals surface area contributed by atoms with Crippen molar-refractivity contribution in [3.05, 3.63) is 33.9 Å². The third kappa shape index (κ3) is 3.49. The Morgan fingerprint density at radius 3 is 2.52 bits per heavy atom. The largest absolute Gasteiger partial charge is 0.318 e. The van der Waals surface area contributed by atoms with Gasteiger partial charge in [0, 0.05) is 37.8 Å². The van der Waals surface area contributed by atoms with Gasteiger partial charge in [0.05, 0.1) is 4.92 Å². The van der Waals surface area contributed by atoms with Crippen LogP contribution in [0.15, 0.2) is 18.2 Å². The van der Waals surface area contributed by atoms with Crippen LogP contribution in [-0.4, -0.2) is 46.9 Å². The number of likely N-dealkylation sites (N-methyl/N-ethyl adjacent to an activating group) is 1. The highest BCUT2D eigenvalue weighted by atomic mass is 16.6. The number of rotatable bonds is 4. The molecule has 0 aromatic heterocycles. The molecular weight excluding hydrogens is 270 g/mol. The number of nitrogens with zero attached hydrogens (tertiary/aromatic N) is 3. The van der Waals surface area contributed by atoms with Crippen molar-refractivity contribution in [2.24, 2.45) is 5.84 Å². The summed E-state index contributed by atoms with van der Waals surface area (Å²) in [5.41, 5.74) is 3.79. The van der Waals surface area contributed by atoms with Crippen molar-refractivity contribution >= 4 is 11.4 Å². The Kier molecular flexibility index (Phi) is 4.76. The maximum Gasteiger partial charge on any atom is 0.293 e. The van der Waals surface area contributed by atoms with Gasteiger partial charge in [-0.25, -0.2) is 0 Å². The molecule has 2 atom stereocenters. The van der Waals surface area contributed by atoms with E-state index in [1.807, 2.05) is 0 Å². The number of nitro groups is 1. The minimum atomic E-state index is -0.432. The van der Waals surface area contributed by atoms with Gasteiger partial charge in [-0.05, 0) is 32.5 Å². The molecule has 1 aromatic carbocycles. The highest BCUT2D eigenvalue weighted by molar-refractivity contribution is 5.62. The fourth-order valence-corrected chi connectivity index (χ4v) is 2.86. The highest BCUT2D eigenvalue weighted by Crippen LogP contribution is 2.25. The zero-order valence-electron chi connectivity index (χ0n) is 12.7. The molecule has 21 heavy (non-hydrogen) atoms. The van der Waals surface area contributed by atoms with Crippen molar-refractivity contribution in [2.75, 3.05) is 25.6 Å². The van der Waals surface area contributed by atoms with Crippen LogP contribution in [0.25, 0.3) is 0 Å². The average molecular weight is 293 g/mol. The van der Waals surface area contributed by atoms with Crippen molar-refractivity contribution in [1.82, 2.24) is 9.80 Å². The highest BCUT2D eigenvalue weighted by Gasteiger charge is 2.26. The summed E-state index contributed by atoms with van der Waals surface area (Å²) in [5, 5.41) is 10.9. The van der Waals surface area contributed by atoms with E-state index in [0.29, 0.717) is 17.8 Å². The number of hydrogen-bond acceptors (Lipinski definition) is 6. The predicted octanol–water partition coefficient (Wildman–Crippen LogP) is 1.40. The quantitative estimate of drug-likeness (QED) is 0.496. The monoisotopic (exact) mass is 293 g/mol. The molecule has 0 radical (unpaired) electrons. The Balaban J connectivity index is 2.11. The van der Waals surface area contributed by atoms with E-state index in [4.69, 9.17) is 5.84 Å². The maximum atomic E-state index is 10.9. The normalized spacial score (nSPS) is 24.0. The van der Waals surface area contributed by atoms with Crippen molar-refractivity contribution in [2.45, 2.75) is 32.5 Å². The van der Waals surface area contributed by atoms with Gasteiger partial charge in [-0.2, -0.15) is 0 Å². The van der Waals surface area contributed by atoms with Gasteiger partial charge >= 0.3 is 0 Å². The summed E-state index contributed by atoms with van der Waals surface area (Å²) >= 11 is 0. The van der Waals surface area contributed by atoms with Gasteiger partial charge in [-0.1, -0.05) is 6.07 Å². The molecule has 1 aliphatic heterocycles. The first kappa shape index (κ1) is 15.7. The number of piperazine rings is 1. The smallest absolute Gasteiger partial charge is 0.293 e. The molecule has 0 amide bonds. The number of nitrogens with one attached hydrogen (secondary N) is 1. The molecule has 0 saturated carbocycles. The van der Waals surface area contributed by atoms with E-state index in [2.05, 4.69) is 36.1 Å². The van der Waals surface area contributed by atoms with Gasteiger partial charge in [0.1, 0.15) is 5.69 Å². The predicted molar refractivity (Wildman–Crippen MR) is 82.9 cm³/mol. The topological polar surface area (TPSA) is 87.7 Å². The second-order valence-corrected chi connectivity index (χ2v) is 5.81. The van der Waals surface area contributed by atoms with E-state index in [9.17, 15) is 10.1 Å². The summed E-state index contributed by atoms with van der Waals surface area (Å²) in [4.78, 5) is 15.2. The molecule has 0 spiro atoms. The van der Waals surface area contributed by atoms with E-state index < -0.39 is 4.92 Å². The molecule has 1 saturated heterocycles. The lowest BCUT2D eigenvalue weighted by Crippen LogP contribution is -2.54. The summed E-state index contributed by atoms with van der Waals surface area (Å²) < 4.78 is 0. The van der Waals surface area contributed by atoms with Gasteiger partial charge in [0.15, 0.2) is 0 Å². The Morgan fingerprint density at radius 1 is 1.38 bits per heavy atom. The fraction of sp³-hybridized carbons (Fsp3) is 0.571. The minimum Gasteiger partial charge on any atom is -0.318 e. The summed E-state index contributed by atoms with van der Waals surface area (Å²) in [6.07, 6.45) is 0. The van der Waals surface area contributed by atoms with Gasteiger partial charge in [0.2, 0.25) is 0 Å². The second kappa shape index (κ2) is 6.38. The number of anilines is 1. The Bertz CT molecular complexity index is 510. The molecule has 7 nitrogen and oxygen atoms in total. The van der Waals surface area contributed by atoms with E-state index in [1.165, 1.54) is 6.07 Å². The van der Waals surface area contributed by atoms with Crippen LogP contribution < -0.4 is 11.3 Å². The number of nitrogens with two attached hydrogens (primary N) is 1. The average Bonchev–Trinajstić information content (AvgIpc) is 2.44. The van der Waals surface area contributed by atoms with Crippen LogP contribution in [-0.2, 0) is 6.54 Å². The molecule has 2 rings (SSSR count). The lowest BCUT2D eigenvalue weighted by atomic mass is 10.1. The van der Waals surface area contributed by atoms with Crippen LogP contribution in [0.3, 0.4) is 0 Å². The Labute approximate surface area is 124 Å². The zero-order chi connectivity index (χ0) is 15.6. The standard InChI is InChI=1S/C14H23N5O2/c1-10-7-18(8-11(2)17(10)3)9-12-4-5-14(19(20)21)13(6-12)16-15/h4-6,10-11,16H,7-9,15H2,1-3H3. The number of benzene rings is 1. The van der Waals surface area contributed by atoms with Gasteiger partial charge in [-0.15, -0.1) is 0 Å². The lowest BCUT2D eigenvalue weighted by Gasteiger charge is -2.42. The van der Waals surface area contributed by atoms with E-state index in [0.717, 1.165) is 25.2 Å². The van der Waals surface area contributed by atoms with Gasteiger partial charge in [-0.3, -0.25) is 25.8 Å². The SMILES string of the molecule is CC1CN(Cc2ccc([N+](=O)[O-])c(NN)c2)CC(C)N1C. The molecule has 0 aliphatic carbocycles. The first-order chi connectivity index (χ1) is 9.92. The van der Waals surface area contributed by atoms with Crippen LogP contribution in [0.2, 0.25) is 0 Å². The van der Waals surface area contributed by atoms with Crippen molar-refractivity contribution < 1.29 is 4.92 Å². The fourth-order valence-electron chi connectivity index (χ4n) is 2.86. The molecule has 1 fully saturated rings. The third-order valence-corrected chi connectivity index (χ3v) is 4.25. The minimum absolute atomic E-state index is 0.00126. The molecule has 0 bridgehead atoms. The van der Waals surface area contributed by atoms with Crippen molar-refractivity contribution in [1.29, 1.82) is 0 Å². The number of nitro benzene ring substituents is 1. The summed E-state index contributed by atoms with van der Waals surface area (Å²) in [5.74, 6) is 5.38. The first-order valence-electron chi connectivity index (χ1n) is 7.10. The first-order valence-corrected chi connectivity index (χ1v) is 7.10. The molecule has 1 aliphatic rings.